The first kappa shape index (κ1) is 37.8. The van der Waals surface area contributed by atoms with Crippen LogP contribution >= 0.6 is 98.4 Å². The molecular formula is C6H20I6N3O3-. The van der Waals surface area contributed by atoms with Gasteiger partial charge in [-0.2, -0.15) is 5.06 Å². The second-order valence-corrected chi connectivity index (χ2v) is 18.8. The zero-order chi connectivity index (χ0) is 15.4. The molecule has 12 heteroatoms. The van der Waals surface area contributed by atoms with Crippen LogP contribution in [-0.4, -0.2) is 62.4 Å². The summed E-state index contributed by atoms with van der Waals surface area (Å²) in [5.41, 5.74) is 0. The van der Waals surface area contributed by atoms with Crippen molar-refractivity contribution in [2.75, 3.05) is 42.3 Å². The predicted octanol–water partition coefficient (Wildman–Crippen LogP) is 1.17. The molecule has 0 amide bonds. The van der Waals surface area contributed by atoms with Crippen molar-refractivity contribution in [3.8, 4) is 0 Å². The van der Waals surface area contributed by atoms with Gasteiger partial charge in [-0.05, 0) is 18.9 Å². The Morgan fingerprint density at radius 1 is 1.11 bits per heavy atom. The van der Waals surface area contributed by atoms with E-state index >= 15 is 0 Å². The van der Waals surface area contributed by atoms with Gasteiger partial charge < -0.3 is 15.5 Å². The molecule has 1 N–H and O–H groups in total. The number of nitroso groups, excluding NO2 is 1. The van der Waals surface area contributed by atoms with E-state index in [1.165, 1.54) is 28.2 Å². The Hall–Kier alpha value is 3.82. The van der Waals surface area contributed by atoms with Crippen LogP contribution in [0.25, 0.3) is 0 Å². The van der Waals surface area contributed by atoms with Crippen LogP contribution < -0.4 is 13.3 Å². The molecule has 0 aliphatic rings. The van der Waals surface area contributed by atoms with E-state index in [9.17, 15) is 10.1 Å². The van der Waals surface area contributed by atoms with E-state index in [1.54, 1.807) is 14.1 Å². The third-order valence-corrected chi connectivity index (χ3v) is 0. The van der Waals surface area contributed by atoms with Gasteiger partial charge in [0, 0.05) is 56.2 Å². The van der Waals surface area contributed by atoms with E-state index in [0.29, 0.717) is 13.3 Å². The second kappa shape index (κ2) is 42.8. The topological polar surface area (TPSA) is 69.8 Å². The van der Waals surface area contributed by atoms with Gasteiger partial charge in [0.1, 0.15) is 0 Å². The van der Waals surface area contributed by atoms with E-state index in [-0.39, 0.29) is 24.0 Å². The van der Waals surface area contributed by atoms with E-state index in [1.807, 2.05) is 0 Å². The van der Waals surface area contributed by atoms with Crippen LogP contribution in [-0.2, 0) is 0 Å². The summed E-state index contributed by atoms with van der Waals surface area (Å²) in [5, 5.41) is 19.0. The Morgan fingerprint density at radius 3 is 1.11 bits per heavy atom. The fourth-order valence-electron chi connectivity index (χ4n) is 0. The molecule has 0 spiro atoms. The zero-order valence-corrected chi connectivity index (χ0v) is 24.0. The van der Waals surface area contributed by atoms with Gasteiger partial charge in [0.05, 0.1) is 0 Å². The van der Waals surface area contributed by atoms with Gasteiger partial charge in [-0.25, -0.2) is 0 Å². The molecule has 6 nitrogen and oxygen atoms in total. The van der Waals surface area contributed by atoms with Gasteiger partial charge in [-0.1, -0.05) is 0 Å². The molecule has 18 heavy (non-hydrogen) atoms. The molecular weight excluding hydrogens is 924 g/mol. The molecule has 0 saturated carbocycles. The van der Waals surface area contributed by atoms with Crippen LogP contribution in [0.2, 0.25) is 0 Å². The fraction of sp³-hybridized carbons (Fsp3) is 1.00. The number of hydroxylamine groups is 4. The fourth-order valence-corrected chi connectivity index (χ4v) is 0. The third kappa shape index (κ3) is 481. The number of halogens is 6. The molecule has 0 saturated heterocycles. The first-order valence-electron chi connectivity index (χ1n) is 3.68. The van der Waals surface area contributed by atoms with Crippen LogP contribution in [0.3, 0.4) is 0 Å². The third-order valence-electron chi connectivity index (χ3n) is 0. The van der Waals surface area contributed by atoms with Crippen molar-refractivity contribution >= 4 is 98.4 Å². The SMILES string of the molecule is CN(C)O.CN(C)[O-].C[N+](C)=O.I.II.I[I-]I. The zero-order valence-electron chi connectivity index (χ0n) is 10.9. The van der Waals surface area contributed by atoms with Crippen molar-refractivity contribution < 1.29 is 23.2 Å². The van der Waals surface area contributed by atoms with Crippen LogP contribution in [0.15, 0.2) is 0 Å². The predicted molar refractivity (Wildman–Crippen MR) is 119 cm³/mol. The first-order valence-corrected chi connectivity index (χ1v) is 22.5. The van der Waals surface area contributed by atoms with Gasteiger partial charge in [0.15, 0.2) is 14.1 Å². The maximum atomic E-state index is 9.36. The number of hydrogen-bond donors (Lipinski definition) is 1. The van der Waals surface area contributed by atoms with Crippen LogP contribution in [0, 0.1) is 10.1 Å². The molecule has 120 valence electrons. The molecule has 0 aliphatic heterocycles. The Kier molecular flexibility index (Phi) is 89.9. The molecule has 0 atom stereocenters. The van der Waals surface area contributed by atoms with E-state index in [2.05, 4.69) is 74.5 Å². The van der Waals surface area contributed by atoms with Crippen molar-refractivity contribution in [1.29, 1.82) is 0 Å². The van der Waals surface area contributed by atoms with Crippen LogP contribution in [0.4, 0.5) is 0 Å². The molecule has 0 aliphatic carbocycles. The van der Waals surface area contributed by atoms with Gasteiger partial charge in [-0.3, -0.25) is 0 Å². The van der Waals surface area contributed by atoms with Gasteiger partial charge in [-0.15, -0.1) is 24.0 Å². The number of rotatable bonds is 0. The minimum absolute atomic E-state index is 0. The summed E-state index contributed by atoms with van der Waals surface area (Å²) in [4.78, 5) is 9.36. The van der Waals surface area contributed by atoms with Crippen molar-refractivity contribution in [1.82, 2.24) is 10.1 Å². The molecule has 0 aromatic rings. The molecule has 0 rings (SSSR count). The Bertz CT molecular complexity index is 107. The summed E-state index contributed by atoms with van der Waals surface area (Å²) in [7, 11) is 8.89. The average molecular weight is 944 g/mol. The Balaban J connectivity index is -0.0000000252. The summed E-state index contributed by atoms with van der Waals surface area (Å²) in [6.07, 6.45) is 0. The average Bonchev–Trinajstić information content (AvgIpc) is 2.04. The summed E-state index contributed by atoms with van der Waals surface area (Å²) in [5.74, 6) is 0. The standard InChI is InChI=1S/C2H7NO.2C2H6NO.I3.I2.HI/c3*1-3(2)4;1-3-2;1-2;/h4H,1-2H3;2*1-2H3;;;1H/q;-1;+1;-1;;. The van der Waals surface area contributed by atoms with Crippen molar-refractivity contribution in [2.45, 2.75) is 0 Å². The quantitative estimate of drug-likeness (QED) is 0.225. The Morgan fingerprint density at radius 2 is 1.11 bits per heavy atom. The monoisotopic (exact) mass is 944 g/mol. The van der Waals surface area contributed by atoms with Gasteiger partial charge in [0.25, 0.3) is 0 Å². The minimum atomic E-state index is 0. The van der Waals surface area contributed by atoms with Crippen molar-refractivity contribution in [2.24, 2.45) is 0 Å². The molecule has 0 unspecified atom stereocenters. The van der Waals surface area contributed by atoms with Crippen molar-refractivity contribution in [3.05, 3.63) is 10.1 Å². The molecule has 0 aromatic heterocycles. The number of hydrogen-bond acceptors (Lipinski definition) is 5. The summed E-state index contributed by atoms with van der Waals surface area (Å²) in [6, 6.07) is 0. The molecule has 0 heterocycles. The van der Waals surface area contributed by atoms with Crippen LogP contribution in [0.1, 0.15) is 0 Å². The van der Waals surface area contributed by atoms with Gasteiger partial charge >= 0.3 is 50.5 Å². The van der Waals surface area contributed by atoms with Gasteiger partial charge in [0.2, 0.25) is 0 Å². The molecule has 0 aromatic carbocycles. The van der Waals surface area contributed by atoms with Crippen LogP contribution in [0.5, 0.6) is 0 Å². The second-order valence-electron chi connectivity index (χ2n) is 2.53. The van der Waals surface area contributed by atoms with E-state index in [4.69, 9.17) is 5.21 Å². The normalized spacial score (nSPS) is 7.00. The Labute approximate surface area is 180 Å². The molecule has 0 fully saturated rings. The molecule has 0 bridgehead atoms. The summed E-state index contributed by atoms with van der Waals surface area (Å²) < 4.78 is 0.750. The van der Waals surface area contributed by atoms with E-state index < -0.39 is 0 Å². The summed E-state index contributed by atoms with van der Waals surface area (Å²) >= 11 is 9.54. The molecule has 0 radical (unpaired) electrons. The summed E-state index contributed by atoms with van der Waals surface area (Å²) in [6.45, 7) is 0. The first-order chi connectivity index (χ1) is 7.61. The van der Waals surface area contributed by atoms with Crippen molar-refractivity contribution in [3.63, 3.8) is 0 Å². The number of nitrogens with zero attached hydrogens (tertiary/aromatic N) is 3. The maximum absolute atomic E-state index is 9.36. The van der Waals surface area contributed by atoms with E-state index in [0.717, 1.165) is 14.9 Å².